The first kappa shape index (κ1) is 22.8. The molecule has 140 valence electrons. The van der Waals surface area contributed by atoms with Crippen LogP contribution in [-0.4, -0.2) is 26.0 Å². The molecule has 0 aromatic heterocycles. The predicted molar refractivity (Wildman–Crippen MR) is 103 cm³/mol. The zero-order chi connectivity index (χ0) is 19.4. The minimum absolute atomic E-state index is 0. The van der Waals surface area contributed by atoms with Crippen LogP contribution in [0.15, 0.2) is 48.5 Å². The van der Waals surface area contributed by atoms with Crippen LogP contribution in [0.5, 0.6) is 5.75 Å². The van der Waals surface area contributed by atoms with Crippen molar-refractivity contribution in [3.05, 3.63) is 65.2 Å². The number of phenols is 1. The van der Waals surface area contributed by atoms with Crippen LogP contribution in [0.3, 0.4) is 0 Å². The molecule has 0 bridgehead atoms. The molecular formula is C19H28NO4S-. The lowest BCUT2D eigenvalue weighted by Gasteiger charge is -2.15. The van der Waals surface area contributed by atoms with Crippen LogP contribution in [0.25, 0.3) is 0 Å². The predicted octanol–water partition coefficient (Wildman–Crippen LogP) is 3.96. The second kappa shape index (κ2) is 12.2. The highest BCUT2D eigenvalue weighted by Crippen LogP contribution is 2.19. The molecule has 0 saturated carbocycles. The first-order valence-electron chi connectivity index (χ1n) is 7.97. The summed E-state index contributed by atoms with van der Waals surface area (Å²) < 4.78 is 18.0. The highest BCUT2D eigenvalue weighted by molar-refractivity contribution is 7.78. The van der Waals surface area contributed by atoms with Gasteiger partial charge in [0.05, 0.1) is 11.6 Å². The van der Waals surface area contributed by atoms with Gasteiger partial charge in [0.1, 0.15) is 5.75 Å². The van der Waals surface area contributed by atoms with Crippen molar-refractivity contribution < 1.29 is 20.1 Å². The lowest BCUT2D eigenvalue weighted by molar-refractivity contribution is 0.0937. The van der Waals surface area contributed by atoms with Gasteiger partial charge in [0, 0.05) is 1.43 Å². The van der Waals surface area contributed by atoms with E-state index in [1.54, 1.807) is 12.1 Å². The van der Waals surface area contributed by atoms with E-state index in [1.807, 2.05) is 58.0 Å². The maximum Gasteiger partial charge on any atom is 0.255 e. The number of carbonyl (C=O) groups excluding carboxylic acids is 1. The Morgan fingerprint density at radius 2 is 1.72 bits per heavy atom. The third-order valence-electron chi connectivity index (χ3n) is 3.04. The maximum absolute atomic E-state index is 12.1. The number of aromatic hydroxyl groups is 1. The Kier molecular flexibility index (Phi) is 11.2. The van der Waals surface area contributed by atoms with Gasteiger partial charge in [-0.15, -0.1) is 0 Å². The van der Waals surface area contributed by atoms with Crippen molar-refractivity contribution in [2.75, 3.05) is 6.26 Å². The molecule has 2 aromatic carbocycles. The third-order valence-corrected chi connectivity index (χ3v) is 3.04. The molecule has 2 N–H and O–H groups in total. The van der Waals surface area contributed by atoms with E-state index in [-0.39, 0.29) is 19.1 Å². The maximum atomic E-state index is 12.1. The number of benzene rings is 2. The molecule has 0 fully saturated rings. The normalized spacial score (nSPS) is 11.8. The van der Waals surface area contributed by atoms with Crippen LogP contribution in [-0.2, 0) is 11.1 Å². The Morgan fingerprint density at radius 3 is 2.24 bits per heavy atom. The van der Waals surface area contributed by atoms with E-state index in [2.05, 4.69) is 5.32 Å². The van der Waals surface area contributed by atoms with Gasteiger partial charge in [-0.05, 0) is 37.8 Å². The highest BCUT2D eigenvalue weighted by Gasteiger charge is 2.14. The molecule has 0 aliphatic rings. The Bertz CT molecular complexity index is 676. The number of aryl methyl sites for hydroxylation is 1. The molecule has 6 heteroatoms. The molecule has 0 aliphatic heterocycles. The molecule has 2 atom stereocenters. The van der Waals surface area contributed by atoms with Crippen LogP contribution >= 0.6 is 0 Å². The number of nitrogens with one attached hydrogen (secondary N) is 1. The van der Waals surface area contributed by atoms with E-state index in [4.69, 9.17) is 8.76 Å². The van der Waals surface area contributed by atoms with Crippen molar-refractivity contribution in [3.63, 3.8) is 0 Å². The molecule has 2 aromatic rings. The van der Waals surface area contributed by atoms with Crippen molar-refractivity contribution in [1.82, 2.24) is 5.32 Å². The zero-order valence-corrected chi connectivity index (χ0v) is 16.1. The summed E-state index contributed by atoms with van der Waals surface area (Å²) in [6.07, 6.45) is 1.08. The van der Waals surface area contributed by atoms with Gasteiger partial charge >= 0.3 is 0 Å². The number of hydrogen-bond acceptors (Lipinski definition) is 4. The Balaban J connectivity index is 0. The summed E-state index contributed by atoms with van der Waals surface area (Å²) in [5.74, 6) is -0.263. The largest absolute Gasteiger partial charge is 0.773 e. The van der Waals surface area contributed by atoms with Gasteiger partial charge in [-0.2, -0.15) is 0 Å². The second-order valence-corrected chi connectivity index (χ2v) is 5.83. The van der Waals surface area contributed by atoms with Gasteiger partial charge in [-0.1, -0.05) is 66.9 Å². The van der Waals surface area contributed by atoms with Gasteiger partial charge in [0.15, 0.2) is 0 Å². The van der Waals surface area contributed by atoms with Gasteiger partial charge in [-0.3, -0.25) is 9.00 Å². The Hall–Kier alpha value is -2.18. The SMILES string of the molecule is CC.CS(=O)[O-].Cc1ccc(O)c(C(=O)N[C@@H](C)c2ccccc2)c1.[HH]. The lowest BCUT2D eigenvalue weighted by Crippen LogP contribution is -2.26. The summed E-state index contributed by atoms with van der Waals surface area (Å²) in [5.41, 5.74) is 2.28. The van der Waals surface area contributed by atoms with Gasteiger partial charge < -0.3 is 15.0 Å². The van der Waals surface area contributed by atoms with Gasteiger partial charge in [0.25, 0.3) is 5.91 Å². The van der Waals surface area contributed by atoms with Crippen molar-refractivity contribution in [3.8, 4) is 5.75 Å². The number of carbonyl (C=O) groups is 1. The van der Waals surface area contributed by atoms with E-state index in [9.17, 15) is 9.90 Å². The molecule has 0 saturated heterocycles. The summed E-state index contributed by atoms with van der Waals surface area (Å²) in [5, 5.41) is 12.6. The average molecular weight is 367 g/mol. The minimum Gasteiger partial charge on any atom is -0.773 e. The fraction of sp³-hybridized carbons (Fsp3) is 0.316. The minimum atomic E-state index is -1.86. The molecule has 1 amide bonds. The molecular weight excluding hydrogens is 338 g/mol. The molecule has 2 rings (SSSR count). The summed E-state index contributed by atoms with van der Waals surface area (Å²) >= 11 is -1.86. The van der Waals surface area contributed by atoms with Crippen LogP contribution in [0, 0.1) is 6.92 Å². The number of amides is 1. The fourth-order valence-corrected chi connectivity index (χ4v) is 1.93. The quantitative estimate of drug-likeness (QED) is 0.805. The van der Waals surface area contributed by atoms with E-state index < -0.39 is 11.1 Å². The Morgan fingerprint density at radius 1 is 1.20 bits per heavy atom. The zero-order valence-electron chi connectivity index (χ0n) is 15.3. The lowest BCUT2D eigenvalue weighted by atomic mass is 10.1. The van der Waals surface area contributed by atoms with Crippen LogP contribution in [0.1, 0.15) is 49.7 Å². The first-order chi connectivity index (χ1) is 11.8. The van der Waals surface area contributed by atoms with E-state index in [0.717, 1.165) is 17.4 Å². The van der Waals surface area contributed by atoms with Gasteiger partial charge in [-0.25, -0.2) is 0 Å². The summed E-state index contributed by atoms with van der Waals surface area (Å²) in [4.78, 5) is 12.1. The number of rotatable bonds is 3. The standard InChI is InChI=1S/C16H17NO2.C2H6.CH4O2S.H2/c1-11-8-9-15(18)14(10-11)16(19)17-12(2)13-6-4-3-5-7-13;1-2;1-4(2)3;/h3-10,12,18H,1-2H3,(H,17,19);1-2H3;1H3,(H,2,3);1H/p-1/t12-;;;/m0.../s1. The molecule has 0 spiro atoms. The number of hydrogen-bond donors (Lipinski definition) is 2. The van der Waals surface area contributed by atoms with Crippen LogP contribution in [0.4, 0.5) is 0 Å². The molecule has 0 heterocycles. The van der Waals surface area contributed by atoms with Crippen molar-refractivity contribution in [1.29, 1.82) is 0 Å². The van der Waals surface area contributed by atoms with Crippen LogP contribution in [0.2, 0.25) is 0 Å². The summed E-state index contributed by atoms with van der Waals surface area (Å²) in [6.45, 7) is 7.80. The Labute approximate surface area is 153 Å². The van der Waals surface area contributed by atoms with E-state index in [1.165, 1.54) is 6.07 Å². The first-order valence-corrected chi connectivity index (χ1v) is 9.46. The summed E-state index contributed by atoms with van der Waals surface area (Å²) in [7, 11) is 0. The van der Waals surface area contributed by atoms with E-state index >= 15 is 0 Å². The summed E-state index contributed by atoms with van der Waals surface area (Å²) in [6, 6.07) is 14.6. The van der Waals surface area contributed by atoms with Crippen molar-refractivity contribution in [2.24, 2.45) is 0 Å². The molecule has 0 aliphatic carbocycles. The monoisotopic (exact) mass is 366 g/mol. The van der Waals surface area contributed by atoms with Crippen molar-refractivity contribution in [2.45, 2.75) is 33.7 Å². The number of phenolic OH excluding ortho intramolecular Hbond substituents is 1. The van der Waals surface area contributed by atoms with Crippen molar-refractivity contribution >= 4 is 17.0 Å². The molecule has 1 unspecified atom stereocenters. The molecule has 5 nitrogen and oxygen atoms in total. The topological polar surface area (TPSA) is 89.5 Å². The van der Waals surface area contributed by atoms with Crippen LogP contribution < -0.4 is 5.32 Å². The van der Waals surface area contributed by atoms with Gasteiger partial charge in [0.2, 0.25) is 0 Å². The molecule has 0 radical (unpaired) electrons. The average Bonchev–Trinajstić information content (AvgIpc) is 2.59. The third kappa shape index (κ3) is 9.02. The smallest absolute Gasteiger partial charge is 0.255 e. The van der Waals surface area contributed by atoms with E-state index in [0.29, 0.717) is 5.56 Å². The molecule has 25 heavy (non-hydrogen) atoms. The fourth-order valence-electron chi connectivity index (χ4n) is 1.93. The second-order valence-electron chi connectivity index (χ2n) is 5.03. The highest BCUT2D eigenvalue weighted by atomic mass is 32.2.